The number of nitrogens with zero attached hydrogens (tertiary/aromatic N) is 2. The summed E-state index contributed by atoms with van der Waals surface area (Å²) in [5, 5.41) is 10.4. The van der Waals surface area contributed by atoms with Crippen molar-refractivity contribution in [3.63, 3.8) is 0 Å². The monoisotopic (exact) mass is 372 g/mol. The molecule has 0 N–H and O–H groups in total. The fourth-order valence-corrected chi connectivity index (χ4v) is 4.71. The van der Waals surface area contributed by atoms with Gasteiger partial charge >= 0.3 is 0 Å². The van der Waals surface area contributed by atoms with Crippen molar-refractivity contribution in [1.29, 1.82) is 0 Å². The van der Waals surface area contributed by atoms with Gasteiger partial charge in [0.1, 0.15) is 5.69 Å². The van der Waals surface area contributed by atoms with Gasteiger partial charge in [0.2, 0.25) is 5.91 Å². The summed E-state index contributed by atoms with van der Waals surface area (Å²) in [7, 11) is 0. The van der Waals surface area contributed by atoms with E-state index < -0.39 is 0 Å². The van der Waals surface area contributed by atoms with E-state index in [1.165, 1.54) is 0 Å². The van der Waals surface area contributed by atoms with Crippen molar-refractivity contribution < 1.29 is 9.32 Å². The quantitative estimate of drug-likeness (QED) is 0.636. The molecule has 0 spiro atoms. The van der Waals surface area contributed by atoms with E-state index >= 15 is 0 Å². The average Bonchev–Trinajstić information content (AvgIpc) is 3.35. The molecule has 0 bridgehead atoms. The standard InChI is InChI=1S/C19H20N2O2S2/c22-19(11-14-7-10-24-13-14)21-8-3-1-2-5-16(21)15-12-17(23-20-15)18-6-4-9-25-18/h4,6-7,9-10,12-13,16H,1-3,5,8,11H2. The molecule has 4 rings (SSSR count). The van der Waals surface area contributed by atoms with Crippen LogP contribution in [-0.4, -0.2) is 22.5 Å². The molecule has 1 saturated heterocycles. The lowest BCUT2D eigenvalue weighted by atomic mass is 10.1. The van der Waals surface area contributed by atoms with Crippen LogP contribution >= 0.6 is 22.7 Å². The Morgan fingerprint density at radius 3 is 3.04 bits per heavy atom. The number of carbonyl (C=O) groups excluding carboxylic acids is 1. The number of aromatic nitrogens is 1. The van der Waals surface area contributed by atoms with Gasteiger partial charge in [-0.05, 0) is 46.7 Å². The third-order valence-corrected chi connectivity index (χ3v) is 6.26. The summed E-state index contributed by atoms with van der Waals surface area (Å²) in [6.07, 6.45) is 4.76. The Balaban J connectivity index is 1.57. The molecule has 3 aromatic rings. The summed E-state index contributed by atoms with van der Waals surface area (Å²) in [6, 6.07) is 8.09. The molecule has 25 heavy (non-hydrogen) atoms. The Morgan fingerprint density at radius 1 is 1.28 bits per heavy atom. The maximum absolute atomic E-state index is 12.9. The SMILES string of the molecule is O=C(Cc1ccsc1)N1CCCCCC1c1cc(-c2cccs2)on1. The molecule has 130 valence electrons. The smallest absolute Gasteiger partial charge is 0.227 e. The van der Waals surface area contributed by atoms with E-state index in [0.717, 1.165) is 54.1 Å². The van der Waals surface area contributed by atoms with Crippen LogP contribution < -0.4 is 0 Å². The Morgan fingerprint density at radius 2 is 2.24 bits per heavy atom. The van der Waals surface area contributed by atoms with E-state index in [9.17, 15) is 4.79 Å². The lowest BCUT2D eigenvalue weighted by Crippen LogP contribution is -2.36. The van der Waals surface area contributed by atoms with Crippen LogP contribution in [0.15, 0.2) is 44.9 Å². The van der Waals surface area contributed by atoms with Crippen LogP contribution in [0.5, 0.6) is 0 Å². The van der Waals surface area contributed by atoms with Gasteiger partial charge in [0.25, 0.3) is 0 Å². The van der Waals surface area contributed by atoms with E-state index in [-0.39, 0.29) is 11.9 Å². The number of hydrogen-bond acceptors (Lipinski definition) is 5. The van der Waals surface area contributed by atoms with Gasteiger partial charge in [0.05, 0.1) is 17.3 Å². The predicted molar refractivity (Wildman–Crippen MR) is 101 cm³/mol. The molecular weight excluding hydrogens is 352 g/mol. The van der Waals surface area contributed by atoms with Crippen LogP contribution in [0.2, 0.25) is 0 Å². The Labute approximate surface area is 155 Å². The van der Waals surface area contributed by atoms with Crippen LogP contribution in [0.1, 0.15) is 43.0 Å². The third-order valence-electron chi connectivity index (χ3n) is 4.64. The number of rotatable bonds is 4. The van der Waals surface area contributed by atoms with E-state index in [0.29, 0.717) is 6.42 Å². The van der Waals surface area contributed by atoms with Gasteiger partial charge in [-0.25, -0.2) is 0 Å². The molecule has 0 aromatic carbocycles. The number of amides is 1. The molecule has 1 unspecified atom stereocenters. The minimum absolute atomic E-state index is 0.0195. The second kappa shape index (κ2) is 7.54. The van der Waals surface area contributed by atoms with E-state index in [1.54, 1.807) is 22.7 Å². The first-order chi connectivity index (χ1) is 12.3. The second-order valence-corrected chi connectivity index (χ2v) is 8.08. The molecular formula is C19H20N2O2S2. The number of carbonyl (C=O) groups is 1. The Hall–Kier alpha value is -1.92. The summed E-state index contributed by atoms with van der Waals surface area (Å²) in [6.45, 7) is 0.800. The van der Waals surface area contributed by atoms with E-state index in [1.807, 2.05) is 39.9 Å². The van der Waals surface area contributed by atoms with Crippen LogP contribution in [0, 0.1) is 0 Å². The summed E-state index contributed by atoms with van der Waals surface area (Å²) in [5.74, 6) is 0.977. The average molecular weight is 373 g/mol. The van der Waals surface area contributed by atoms with Crippen molar-refractivity contribution >= 4 is 28.6 Å². The van der Waals surface area contributed by atoms with Gasteiger partial charge in [-0.2, -0.15) is 11.3 Å². The largest absolute Gasteiger partial charge is 0.355 e. The highest BCUT2D eigenvalue weighted by molar-refractivity contribution is 7.13. The molecule has 1 fully saturated rings. The van der Waals surface area contributed by atoms with Gasteiger partial charge in [-0.1, -0.05) is 24.1 Å². The Bertz CT molecular complexity index is 808. The summed E-state index contributed by atoms with van der Waals surface area (Å²) in [5.41, 5.74) is 1.97. The highest BCUT2D eigenvalue weighted by Crippen LogP contribution is 2.33. The first kappa shape index (κ1) is 16.5. The van der Waals surface area contributed by atoms with Crippen molar-refractivity contribution in [3.8, 4) is 10.6 Å². The summed E-state index contributed by atoms with van der Waals surface area (Å²) >= 11 is 3.27. The second-order valence-electron chi connectivity index (χ2n) is 6.35. The van der Waals surface area contributed by atoms with Crippen molar-refractivity contribution in [2.24, 2.45) is 0 Å². The molecule has 1 aliphatic rings. The third kappa shape index (κ3) is 3.70. The zero-order valence-electron chi connectivity index (χ0n) is 13.9. The zero-order chi connectivity index (χ0) is 17.1. The first-order valence-corrected chi connectivity index (χ1v) is 10.4. The first-order valence-electron chi connectivity index (χ1n) is 8.62. The van der Waals surface area contributed by atoms with Crippen LogP contribution in [0.4, 0.5) is 0 Å². The molecule has 0 aliphatic carbocycles. The van der Waals surface area contributed by atoms with E-state index in [2.05, 4.69) is 10.5 Å². The van der Waals surface area contributed by atoms with Gasteiger partial charge in [-0.3, -0.25) is 4.79 Å². The van der Waals surface area contributed by atoms with Crippen LogP contribution in [0.3, 0.4) is 0 Å². The number of thiophene rings is 2. The fraction of sp³-hybridized carbons (Fsp3) is 0.368. The van der Waals surface area contributed by atoms with Gasteiger partial charge in [0.15, 0.2) is 5.76 Å². The van der Waals surface area contributed by atoms with Crippen molar-refractivity contribution in [3.05, 3.63) is 51.7 Å². The van der Waals surface area contributed by atoms with Gasteiger partial charge < -0.3 is 9.42 Å². The van der Waals surface area contributed by atoms with Crippen molar-refractivity contribution in [2.45, 2.75) is 38.1 Å². The topological polar surface area (TPSA) is 46.3 Å². The van der Waals surface area contributed by atoms with Crippen LogP contribution in [-0.2, 0) is 11.2 Å². The lowest BCUT2D eigenvalue weighted by Gasteiger charge is -2.28. The predicted octanol–water partition coefficient (Wildman–Crippen LogP) is 5.15. The molecule has 4 nitrogen and oxygen atoms in total. The minimum Gasteiger partial charge on any atom is -0.355 e. The van der Waals surface area contributed by atoms with E-state index in [4.69, 9.17) is 4.52 Å². The van der Waals surface area contributed by atoms with Crippen molar-refractivity contribution in [2.75, 3.05) is 6.54 Å². The minimum atomic E-state index is 0.0195. The van der Waals surface area contributed by atoms with Gasteiger partial charge in [0, 0.05) is 12.6 Å². The Kier molecular flexibility index (Phi) is 4.99. The molecule has 4 heterocycles. The summed E-state index contributed by atoms with van der Waals surface area (Å²) < 4.78 is 5.56. The molecule has 0 saturated carbocycles. The van der Waals surface area contributed by atoms with Crippen molar-refractivity contribution in [1.82, 2.24) is 10.1 Å². The lowest BCUT2D eigenvalue weighted by molar-refractivity contribution is -0.133. The molecule has 0 radical (unpaired) electrons. The number of hydrogen-bond donors (Lipinski definition) is 0. The molecule has 6 heteroatoms. The molecule has 1 amide bonds. The highest BCUT2D eigenvalue weighted by atomic mass is 32.1. The van der Waals surface area contributed by atoms with Gasteiger partial charge in [-0.15, -0.1) is 11.3 Å². The normalized spacial score (nSPS) is 18.2. The molecule has 3 aromatic heterocycles. The zero-order valence-corrected chi connectivity index (χ0v) is 15.5. The maximum Gasteiger partial charge on any atom is 0.227 e. The number of likely N-dealkylation sites (tertiary alicyclic amines) is 1. The van der Waals surface area contributed by atoms with Crippen LogP contribution in [0.25, 0.3) is 10.6 Å². The fourth-order valence-electron chi connectivity index (χ4n) is 3.36. The molecule has 1 aliphatic heterocycles. The highest BCUT2D eigenvalue weighted by Gasteiger charge is 2.29. The summed E-state index contributed by atoms with van der Waals surface area (Å²) in [4.78, 5) is 16.0. The molecule has 1 atom stereocenters. The maximum atomic E-state index is 12.9.